The number of carbonyl (C=O) groups excluding carboxylic acids is 1. The van der Waals surface area contributed by atoms with E-state index < -0.39 is 15.9 Å². The van der Waals surface area contributed by atoms with Gasteiger partial charge in [0.1, 0.15) is 22.2 Å². The predicted molar refractivity (Wildman–Crippen MR) is 126 cm³/mol. The van der Waals surface area contributed by atoms with Crippen molar-refractivity contribution in [3.8, 4) is 11.5 Å². The highest BCUT2D eigenvalue weighted by atomic mass is 32.2. The molecule has 0 aliphatic carbocycles. The highest BCUT2D eigenvalue weighted by molar-refractivity contribution is 7.89. The number of ether oxygens (including phenoxy) is 2. The quantitative estimate of drug-likeness (QED) is 0.618. The molecule has 0 spiro atoms. The van der Waals surface area contributed by atoms with E-state index in [1.165, 1.54) is 36.7 Å². The Hall–Kier alpha value is -2.85. The van der Waals surface area contributed by atoms with Crippen molar-refractivity contribution >= 4 is 21.6 Å². The van der Waals surface area contributed by atoms with Gasteiger partial charge in [-0.3, -0.25) is 4.79 Å². The maximum Gasteiger partial charge on any atom is 0.246 e. The number of nitrogens with zero attached hydrogens (tertiary/aromatic N) is 3. The summed E-state index contributed by atoms with van der Waals surface area (Å²) in [6.07, 6.45) is 1.26. The molecule has 2 aromatic carbocycles. The molecule has 184 valence electrons. The van der Waals surface area contributed by atoms with Crippen LogP contribution in [-0.4, -0.2) is 77.0 Å². The van der Waals surface area contributed by atoms with Gasteiger partial charge in [-0.25, -0.2) is 12.8 Å². The summed E-state index contributed by atoms with van der Waals surface area (Å²) < 4.78 is 51.9. The van der Waals surface area contributed by atoms with E-state index >= 15 is 0 Å². The number of halogens is 1. The van der Waals surface area contributed by atoms with Crippen molar-refractivity contribution in [2.45, 2.75) is 17.7 Å². The molecule has 0 radical (unpaired) electrons. The molecule has 2 aliphatic rings. The number of piperidine rings is 1. The first-order valence-corrected chi connectivity index (χ1v) is 12.8. The number of rotatable bonds is 6. The molecule has 2 aromatic rings. The smallest absolute Gasteiger partial charge is 0.246 e. The number of sulfonamides is 1. The van der Waals surface area contributed by atoms with E-state index in [9.17, 15) is 17.6 Å². The first-order valence-electron chi connectivity index (χ1n) is 11.3. The normalized spacial score (nSPS) is 19.7. The van der Waals surface area contributed by atoms with E-state index in [4.69, 9.17) is 9.47 Å². The summed E-state index contributed by atoms with van der Waals surface area (Å²) in [7, 11) is -0.963. The van der Waals surface area contributed by atoms with Crippen LogP contribution in [0.5, 0.6) is 11.5 Å². The zero-order valence-electron chi connectivity index (χ0n) is 19.4. The number of methoxy groups -OCH3 is 2. The van der Waals surface area contributed by atoms with Crippen LogP contribution >= 0.6 is 0 Å². The second-order valence-electron chi connectivity index (χ2n) is 8.51. The minimum Gasteiger partial charge on any atom is -0.497 e. The van der Waals surface area contributed by atoms with Crippen molar-refractivity contribution in [2.24, 2.45) is 5.92 Å². The Bertz CT molecular complexity index is 1120. The molecule has 4 rings (SSSR count). The molecule has 34 heavy (non-hydrogen) atoms. The zero-order valence-corrected chi connectivity index (χ0v) is 20.3. The van der Waals surface area contributed by atoms with Gasteiger partial charge in [-0.15, -0.1) is 0 Å². The monoisotopic (exact) mass is 491 g/mol. The Labute approximate surface area is 199 Å². The number of anilines is 1. The van der Waals surface area contributed by atoms with Crippen LogP contribution in [0, 0.1) is 11.7 Å². The average Bonchev–Trinajstić information content (AvgIpc) is 2.88. The van der Waals surface area contributed by atoms with Crippen molar-refractivity contribution in [3.05, 3.63) is 48.3 Å². The third-order valence-electron chi connectivity index (χ3n) is 6.51. The molecule has 0 N–H and O–H groups in total. The van der Waals surface area contributed by atoms with E-state index in [0.29, 0.717) is 51.3 Å². The predicted octanol–water partition coefficient (Wildman–Crippen LogP) is 2.59. The van der Waals surface area contributed by atoms with Gasteiger partial charge in [0.15, 0.2) is 0 Å². The first kappa shape index (κ1) is 24.3. The summed E-state index contributed by atoms with van der Waals surface area (Å²) in [5.41, 5.74) is 0.927. The molecule has 1 amide bonds. The van der Waals surface area contributed by atoms with Crippen LogP contribution in [-0.2, 0) is 14.8 Å². The van der Waals surface area contributed by atoms with Crippen LogP contribution in [0.2, 0.25) is 0 Å². The number of hydrogen-bond donors (Lipinski definition) is 0. The molecular formula is C24H30FN3O5S. The van der Waals surface area contributed by atoms with Crippen LogP contribution < -0.4 is 14.4 Å². The Kier molecular flexibility index (Phi) is 7.27. The lowest BCUT2D eigenvalue weighted by Gasteiger charge is -2.39. The van der Waals surface area contributed by atoms with Crippen LogP contribution in [0.15, 0.2) is 47.4 Å². The standard InChI is InChI=1S/C24H30FN3O5S/c1-32-21-9-10-22(33-2)23(16-21)34(30,31)28-11-3-4-18(17-28)24(29)27-14-12-26(13-15-27)20-7-5-19(25)6-8-20/h5-10,16,18H,3-4,11-15,17H2,1-2H3/t18-/m1/s1. The van der Waals surface area contributed by atoms with Crippen molar-refractivity contribution in [1.29, 1.82) is 0 Å². The minimum absolute atomic E-state index is 0.0173. The third kappa shape index (κ3) is 4.97. The van der Waals surface area contributed by atoms with Crippen molar-refractivity contribution in [2.75, 3.05) is 58.4 Å². The van der Waals surface area contributed by atoms with E-state index in [0.717, 1.165) is 5.69 Å². The molecule has 10 heteroatoms. The van der Waals surface area contributed by atoms with Gasteiger partial charge in [0, 0.05) is 51.0 Å². The lowest BCUT2D eigenvalue weighted by atomic mass is 9.97. The lowest BCUT2D eigenvalue weighted by molar-refractivity contribution is -0.137. The lowest BCUT2D eigenvalue weighted by Crippen LogP contribution is -2.53. The van der Waals surface area contributed by atoms with Crippen molar-refractivity contribution in [3.63, 3.8) is 0 Å². The van der Waals surface area contributed by atoms with E-state index in [1.54, 1.807) is 24.3 Å². The van der Waals surface area contributed by atoms with Crippen molar-refractivity contribution < 1.29 is 27.1 Å². The third-order valence-corrected chi connectivity index (χ3v) is 8.39. The Balaban J connectivity index is 1.43. The topological polar surface area (TPSA) is 79.4 Å². The highest BCUT2D eigenvalue weighted by Gasteiger charge is 2.37. The van der Waals surface area contributed by atoms with Crippen molar-refractivity contribution in [1.82, 2.24) is 9.21 Å². The molecule has 0 aromatic heterocycles. The van der Waals surface area contributed by atoms with E-state index in [2.05, 4.69) is 4.90 Å². The summed E-state index contributed by atoms with van der Waals surface area (Å²) in [5.74, 6) is -0.0242. The highest BCUT2D eigenvalue weighted by Crippen LogP contribution is 2.33. The van der Waals surface area contributed by atoms with Crippen LogP contribution in [0.25, 0.3) is 0 Å². The molecule has 0 bridgehead atoms. The second-order valence-corrected chi connectivity index (χ2v) is 10.4. The minimum atomic E-state index is -3.86. The Morgan fingerprint density at radius 3 is 2.32 bits per heavy atom. The molecule has 0 unspecified atom stereocenters. The van der Waals surface area contributed by atoms with Crippen LogP contribution in [0.4, 0.5) is 10.1 Å². The molecule has 0 saturated carbocycles. The fraction of sp³-hybridized carbons (Fsp3) is 0.458. The maximum absolute atomic E-state index is 13.4. The molecule has 2 fully saturated rings. The second kappa shape index (κ2) is 10.2. The van der Waals surface area contributed by atoms with Gasteiger partial charge >= 0.3 is 0 Å². The first-order chi connectivity index (χ1) is 16.3. The van der Waals surface area contributed by atoms with Crippen LogP contribution in [0.1, 0.15) is 12.8 Å². The number of benzene rings is 2. The molecule has 1 atom stereocenters. The maximum atomic E-state index is 13.4. The van der Waals surface area contributed by atoms with E-state index in [1.807, 2.05) is 4.90 Å². The summed E-state index contributed by atoms with van der Waals surface area (Å²) in [5, 5.41) is 0. The summed E-state index contributed by atoms with van der Waals surface area (Å²) in [6, 6.07) is 11.0. The Morgan fingerprint density at radius 1 is 0.971 bits per heavy atom. The fourth-order valence-electron chi connectivity index (χ4n) is 4.58. The fourth-order valence-corrected chi connectivity index (χ4v) is 6.28. The van der Waals surface area contributed by atoms with Gasteiger partial charge in [0.05, 0.1) is 20.1 Å². The number of hydrogen-bond acceptors (Lipinski definition) is 6. The molecular weight excluding hydrogens is 461 g/mol. The van der Waals surface area contributed by atoms with Gasteiger partial charge in [0.25, 0.3) is 0 Å². The molecule has 2 saturated heterocycles. The molecule has 2 aliphatic heterocycles. The number of piperazine rings is 1. The summed E-state index contributed by atoms with van der Waals surface area (Å²) in [4.78, 5) is 17.2. The SMILES string of the molecule is COc1ccc(OC)c(S(=O)(=O)N2CCC[C@@H](C(=O)N3CCN(c4ccc(F)cc4)CC3)C2)c1. The van der Waals surface area contributed by atoms with Gasteiger partial charge in [-0.1, -0.05) is 0 Å². The Morgan fingerprint density at radius 2 is 1.68 bits per heavy atom. The largest absolute Gasteiger partial charge is 0.497 e. The number of amides is 1. The van der Waals surface area contributed by atoms with E-state index in [-0.39, 0.29) is 28.9 Å². The zero-order chi connectivity index (χ0) is 24.3. The van der Waals surface area contributed by atoms with Crippen LogP contribution in [0.3, 0.4) is 0 Å². The van der Waals surface area contributed by atoms with Gasteiger partial charge in [-0.2, -0.15) is 4.31 Å². The molecule has 2 heterocycles. The summed E-state index contributed by atoms with van der Waals surface area (Å²) in [6.45, 7) is 2.87. The number of carbonyl (C=O) groups is 1. The van der Waals surface area contributed by atoms with Gasteiger partial charge < -0.3 is 19.3 Å². The summed E-state index contributed by atoms with van der Waals surface area (Å²) >= 11 is 0. The average molecular weight is 492 g/mol. The van der Waals surface area contributed by atoms with Gasteiger partial charge in [0.2, 0.25) is 15.9 Å². The molecule has 8 nitrogen and oxygen atoms in total. The van der Waals surface area contributed by atoms with Gasteiger partial charge in [-0.05, 0) is 49.2 Å².